The van der Waals surface area contributed by atoms with Gasteiger partial charge in [0.15, 0.2) is 11.6 Å². The van der Waals surface area contributed by atoms with Crippen molar-refractivity contribution in [2.24, 2.45) is 7.05 Å². The van der Waals surface area contributed by atoms with Gasteiger partial charge in [-0.05, 0) is 30.5 Å². The first-order chi connectivity index (χ1) is 11.9. The largest absolute Gasteiger partial charge is 0.371 e. The van der Waals surface area contributed by atoms with E-state index >= 15 is 0 Å². The van der Waals surface area contributed by atoms with E-state index in [1.807, 2.05) is 0 Å². The Morgan fingerprint density at radius 1 is 1.44 bits per heavy atom. The zero-order valence-corrected chi connectivity index (χ0v) is 13.8. The van der Waals surface area contributed by atoms with Crippen molar-refractivity contribution in [3.8, 4) is 0 Å². The highest BCUT2D eigenvalue weighted by atomic mass is 19.2. The number of hydrogen-bond acceptors (Lipinski definition) is 5. The monoisotopic (exact) mass is 352 g/mol. The van der Waals surface area contributed by atoms with Crippen molar-refractivity contribution in [1.29, 1.82) is 0 Å². The number of anilines is 1. The summed E-state index contributed by atoms with van der Waals surface area (Å²) in [5, 5.41) is 18.7. The van der Waals surface area contributed by atoms with Crippen LogP contribution < -0.4 is 5.32 Å². The molecule has 1 aromatic carbocycles. The Labute approximate surface area is 142 Å². The van der Waals surface area contributed by atoms with Crippen molar-refractivity contribution in [1.82, 2.24) is 9.78 Å². The van der Waals surface area contributed by atoms with Gasteiger partial charge in [0.1, 0.15) is 11.8 Å². The molecule has 0 bridgehead atoms. The van der Waals surface area contributed by atoms with E-state index < -0.39 is 22.7 Å². The van der Waals surface area contributed by atoms with E-state index in [0.717, 1.165) is 12.1 Å². The van der Waals surface area contributed by atoms with Crippen LogP contribution in [0.1, 0.15) is 30.7 Å². The number of nitrogens with zero attached hydrogens (tertiary/aromatic N) is 3. The van der Waals surface area contributed by atoms with Crippen molar-refractivity contribution in [3.05, 3.63) is 51.2 Å². The quantitative estimate of drug-likeness (QED) is 0.660. The fourth-order valence-corrected chi connectivity index (χ4v) is 3.09. The normalized spacial score (nSPS) is 20.0. The third-order valence-electron chi connectivity index (χ3n) is 4.30. The Morgan fingerprint density at radius 2 is 2.20 bits per heavy atom. The van der Waals surface area contributed by atoms with E-state index in [-0.39, 0.29) is 17.5 Å². The molecule has 25 heavy (non-hydrogen) atoms. The lowest BCUT2D eigenvalue weighted by molar-refractivity contribution is -0.384. The molecule has 2 atom stereocenters. The Hall–Kier alpha value is -2.55. The van der Waals surface area contributed by atoms with Crippen molar-refractivity contribution < 1.29 is 18.4 Å². The molecule has 1 aromatic heterocycles. The van der Waals surface area contributed by atoms with Gasteiger partial charge in [0.2, 0.25) is 5.82 Å². The summed E-state index contributed by atoms with van der Waals surface area (Å²) in [6, 6.07) is 3.28. The number of halogens is 2. The minimum absolute atomic E-state index is 0.0686. The van der Waals surface area contributed by atoms with Gasteiger partial charge in [0.05, 0.1) is 11.0 Å². The number of rotatable bonds is 5. The van der Waals surface area contributed by atoms with Gasteiger partial charge in [0.25, 0.3) is 0 Å². The topological polar surface area (TPSA) is 82.2 Å². The van der Waals surface area contributed by atoms with Gasteiger partial charge in [-0.25, -0.2) is 13.5 Å². The van der Waals surface area contributed by atoms with E-state index in [1.165, 1.54) is 10.7 Å². The lowest BCUT2D eigenvalue weighted by Gasteiger charge is -2.21. The van der Waals surface area contributed by atoms with Gasteiger partial charge in [-0.2, -0.15) is 5.10 Å². The van der Waals surface area contributed by atoms with E-state index in [0.29, 0.717) is 30.7 Å². The highest BCUT2D eigenvalue weighted by Gasteiger charge is 2.34. The standard InChI is InChI=1S/C16H18F2N4O3/c1-3-12-14(22(23)24)16(21(2)20-12)19-13-6-7-25-15(13)9-4-5-10(17)11(18)8-9/h4-5,8,13,15,19H,3,6-7H2,1-2H3. The number of hydrogen-bond donors (Lipinski definition) is 1. The minimum Gasteiger partial charge on any atom is -0.371 e. The second kappa shape index (κ2) is 6.75. The van der Waals surface area contributed by atoms with Crippen LogP contribution in [0.2, 0.25) is 0 Å². The van der Waals surface area contributed by atoms with Crippen LogP contribution in [-0.2, 0) is 18.2 Å². The highest BCUT2D eigenvalue weighted by molar-refractivity contribution is 5.60. The Balaban J connectivity index is 1.91. The van der Waals surface area contributed by atoms with Gasteiger partial charge in [-0.1, -0.05) is 13.0 Å². The number of ether oxygens (including phenoxy) is 1. The molecule has 3 rings (SSSR count). The van der Waals surface area contributed by atoms with Crippen molar-refractivity contribution in [2.45, 2.75) is 31.9 Å². The minimum atomic E-state index is -0.952. The first-order valence-corrected chi connectivity index (χ1v) is 7.95. The van der Waals surface area contributed by atoms with Crippen LogP contribution in [0.4, 0.5) is 20.3 Å². The molecule has 9 heteroatoms. The van der Waals surface area contributed by atoms with Crippen LogP contribution in [0, 0.1) is 21.7 Å². The van der Waals surface area contributed by atoms with Crippen LogP contribution in [0.3, 0.4) is 0 Å². The Bertz CT molecular complexity index is 809. The van der Waals surface area contributed by atoms with Crippen LogP contribution in [0.25, 0.3) is 0 Å². The van der Waals surface area contributed by atoms with Gasteiger partial charge in [-0.15, -0.1) is 0 Å². The first-order valence-electron chi connectivity index (χ1n) is 7.95. The fraction of sp³-hybridized carbons (Fsp3) is 0.438. The van der Waals surface area contributed by atoms with Crippen LogP contribution >= 0.6 is 0 Å². The molecule has 1 aliphatic heterocycles. The van der Waals surface area contributed by atoms with E-state index in [2.05, 4.69) is 10.4 Å². The number of nitro groups is 1. The Morgan fingerprint density at radius 3 is 2.84 bits per heavy atom. The molecular weight excluding hydrogens is 334 g/mol. The molecule has 1 fully saturated rings. The average Bonchev–Trinajstić information content (AvgIpc) is 3.15. The molecule has 0 amide bonds. The van der Waals surface area contributed by atoms with Gasteiger partial charge in [0, 0.05) is 13.7 Å². The molecule has 7 nitrogen and oxygen atoms in total. The molecule has 0 spiro atoms. The second-order valence-electron chi connectivity index (χ2n) is 5.88. The maximum atomic E-state index is 13.5. The summed E-state index contributed by atoms with van der Waals surface area (Å²) in [7, 11) is 1.62. The summed E-state index contributed by atoms with van der Waals surface area (Å²) >= 11 is 0. The molecule has 134 valence electrons. The number of aromatic nitrogens is 2. The third-order valence-corrected chi connectivity index (χ3v) is 4.30. The van der Waals surface area contributed by atoms with Gasteiger partial charge < -0.3 is 10.1 Å². The molecule has 1 N–H and O–H groups in total. The summed E-state index contributed by atoms with van der Waals surface area (Å²) < 4.78 is 33.7. The zero-order chi connectivity index (χ0) is 18.1. The summed E-state index contributed by atoms with van der Waals surface area (Å²) in [5.74, 6) is -1.60. The second-order valence-corrected chi connectivity index (χ2v) is 5.88. The molecule has 2 unspecified atom stereocenters. The molecular formula is C16H18F2N4O3. The number of aryl methyl sites for hydroxylation is 2. The number of benzene rings is 1. The maximum Gasteiger partial charge on any atom is 0.333 e. The summed E-state index contributed by atoms with van der Waals surface area (Å²) in [5.41, 5.74) is 0.800. The SMILES string of the molecule is CCc1nn(C)c(NC2CCOC2c2ccc(F)c(F)c2)c1[N+](=O)[O-]. The van der Waals surface area contributed by atoms with Gasteiger partial charge >= 0.3 is 5.69 Å². The van der Waals surface area contributed by atoms with E-state index in [4.69, 9.17) is 4.74 Å². The molecule has 0 saturated carbocycles. The zero-order valence-electron chi connectivity index (χ0n) is 13.8. The summed E-state index contributed by atoms with van der Waals surface area (Å²) in [4.78, 5) is 11.0. The number of nitrogens with one attached hydrogen (secondary N) is 1. The summed E-state index contributed by atoms with van der Waals surface area (Å²) in [6.07, 6.45) is 0.474. The average molecular weight is 352 g/mol. The Kier molecular flexibility index (Phi) is 4.67. The molecule has 2 aromatic rings. The molecule has 1 saturated heterocycles. The predicted molar refractivity (Wildman–Crippen MR) is 86.3 cm³/mol. The van der Waals surface area contributed by atoms with Crippen LogP contribution in [-0.4, -0.2) is 27.4 Å². The molecule has 0 aliphatic carbocycles. The van der Waals surface area contributed by atoms with Crippen molar-refractivity contribution in [2.75, 3.05) is 11.9 Å². The predicted octanol–water partition coefficient (Wildman–Crippen LogP) is 3.11. The van der Waals surface area contributed by atoms with E-state index in [1.54, 1.807) is 14.0 Å². The molecule has 2 heterocycles. The lowest BCUT2D eigenvalue weighted by Crippen LogP contribution is -2.25. The van der Waals surface area contributed by atoms with Gasteiger partial charge in [-0.3, -0.25) is 10.1 Å². The van der Waals surface area contributed by atoms with Crippen LogP contribution in [0.5, 0.6) is 0 Å². The van der Waals surface area contributed by atoms with E-state index in [9.17, 15) is 18.9 Å². The maximum absolute atomic E-state index is 13.5. The van der Waals surface area contributed by atoms with Crippen molar-refractivity contribution >= 4 is 11.5 Å². The lowest BCUT2D eigenvalue weighted by atomic mass is 10.0. The fourth-order valence-electron chi connectivity index (χ4n) is 3.09. The molecule has 0 radical (unpaired) electrons. The third kappa shape index (κ3) is 3.19. The summed E-state index contributed by atoms with van der Waals surface area (Å²) in [6.45, 7) is 2.20. The highest BCUT2D eigenvalue weighted by Crippen LogP contribution is 2.35. The smallest absolute Gasteiger partial charge is 0.333 e. The first kappa shape index (κ1) is 17.3. The van der Waals surface area contributed by atoms with Crippen LogP contribution in [0.15, 0.2) is 18.2 Å². The molecule has 1 aliphatic rings. The van der Waals surface area contributed by atoms with Crippen molar-refractivity contribution in [3.63, 3.8) is 0 Å².